The lowest BCUT2D eigenvalue weighted by atomic mass is 10.3. The summed E-state index contributed by atoms with van der Waals surface area (Å²) in [6.45, 7) is 6.33. The zero-order valence-electron chi connectivity index (χ0n) is 12.3. The van der Waals surface area contributed by atoms with Gasteiger partial charge in [-0.15, -0.1) is 24.0 Å². The van der Waals surface area contributed by atoms with E-state index < -0.39 is 0 Å². The van der Waals surface area contributed by atoms with Gasteiger partial charge in [0, 0.05) is 27.2 Å². The lowest BCUT2D eigenvalue weighted by Crippen LogP contribution is -2.39. The fraction of sp³-hybridized carbons (Fsp3) is 0.923. The molecule has 1 heterocycles. The van der Waals surface area contributed by atoms with Gasteiger partial charge in [0.2, 0.25) is 0 Å². The third kappa shape index (κ3) is 9.45. The zero-order valence-corrected chi connectivity index (χ0v) is 14.6. The lowest BCUT2D eigenvalue weighted by Gasteiger charge is -2.15. The van der Waals surface area contributed by atoms with Crippen LogP contribution in [0.5, 0.6) is 0 Å². The minimum absolute atomic E-state index is 0. The SMILES string of the molecule is CN=C(NCCCCN1CCCC1)NCCOC.I. The summed E-state index contributed by atoms with van der Waals surface area (Å²) < 4.78 is 4.99. The summed E-state index contributed by atoms with van der Waals surface area (Å²) in [7, 11) is 3.50. The van der Waals surface area contributed by atoms with Crippen molar-refractivity contribution < 1.29 is 4.74 Å². The Kier molecular flexibility index (Phi) is 12.9. The highest BCUT2D eigenvalue weighted by atomic mass is 127. The highest BCUT2D eigenvalue weighted by molar-refractivity contribution is 14.0. The largest absolute Gasteiger partial charge is 0.383 e. The van der Waals surface area contributed by atoms with Crippen molar-refractivity contribution in [1.82, 2.24) is 15.5 Å². The van der Waals surface area contributed by atoms with Gasteiger partial charge in [-0.2, -0.15) is 0 Å². The van der Waals surface area contributed by atoms with Crippen LogP contribution in [0, 0.1) is 0 Å². The van der Waals surface area contributed by atoms with Gasteiger partial charge in [-0.25, -0.2) is 0 Å². The van der Waals surface area contributed by atoms with Crippen molar-refractivity contribution in [2.24, 2.45) is 4.99 Å². The summed E-state index contributed by atoms with van der Waals surface area (Å²) in [6, 6.07) is 0. The van der Waals surface area contributed by atoms with Gasteiger partial charge in [0.1, 0.15) is 0 Å². The topological polar surface area (TPSA) is 48.9 Å². The number of nitrogens with one attached hydrogen (secondary N) is 2. The fourth-order valence-electron chi connectivity index (χ4n) is 2.17. The number of guanidine groups is 1. The first-order valence-corrected chi connectivity index (χ1v) is 7.02. The highest BCUT2D eigenvalue weighted by Gasteiger charge is 2.09. The Bertz CT molecular complexity index is 233. The van der Waals surface area contributed by atoms with Crippen molar-refractivity contribution in [3.63, 3.8) is 0 Å². The van der Waals surface area contributed by atoms with Crippen molar-refractivity contribution in [1.29, 1.82) is 0 Å². The maximum absolute atomic E-state index is 4.99. The van der Waals surface area contributed by atoms with E-state index in [9.17, 15) is 0 Å². The molecule has 0 saturated carbocycles. The Hall–Kier alpha value is -0.0800. The molecule has 0 aromatic carbocycles. The predicted molar refractivity (Wildman–Crippen MR) is 91.6 cm³/mol. The van der Waals surface area contributed by atoms with Crippen LogP contribution in [0.1, 0.15) is 25.7 Å². The van der Waals surface area contributed by atoms with E-state index in [-0.39, 0.29) is 24.0 Å². The maximum atomic E-state index is 4.99. The minimum atomic E-state index is 0. The molecule has 0 amide bonds. The Morgan fingerprint density at radius 1 is 1.16 bits per heavy atom. The Labute approximate surface area is 134 Å². The average molecular weight is 384 g/mol. The number of unbranched alkanes of at least 4 members (excludes halogenated alkanes) is 1. The number of nitrogens with zero attached hydrogens (tertiary/aromatic N) is 2. The highest BCUT2D eigenvalue weighted by Crippen LogP contribution is 2.07. The lowest BCUT2D eigenvalue weighted by molar-refractivity contribution is 0.203. The third-order valence-corrected chi connectivity index (χ3v) is 3.21. The Morgan fingerprint density at radius 2 is 1.84 bits per heavy atom. The molecule has 1 aliphatic rings. The van der Waals surface area contributed by atoms with E-state index in [0.29, 0.717) is 6.61 Å². The molecule has 0 unspecified atom stereocenters. The second-order valence-corrected chi connectivity index (χ2v) is 4.67. The van der Waals surface area contributed by atoms with Crippen LogP contribution in [0.4, 0.5) is 0 Å². The van der Waals surface area contributed by atoms with Gasteiger partial charge in [0.05, 0.1) is 6.61 Å². The first-order valence-electron chi connectivity index (χ1n) is 7.02. The second-order valence-electron chi connectivity index (χ2n) is 4.67. The smallest absolute Gasteiger partial charge is 0.191 e. The Balaban J connectivity index is 0.00000324. The van der Waals surface area contributed by atoms with Crippen molar-refractivity contribution >= 4 is 29.9 Å². The van der Waals surface area contributed by atoms with Crippen molar-refractivity contribution in [2.75, 3.05) is 53.5 Å². The van der Waals surface area contributed by atoms with Crippen molar-refractivity contribution in [3.05, 3.63) is 0 Å². The molecule has 19 heavy (non-hydrogen) atoms. The molecule has 6 heteroatoms. The van der Waals surface area contributed by atoms with E-state index in [0.717, 1.165) is 19.0 Å². The quantitative estimate of drug-likeness (QED) is 0.287. The van der Waals surface area contributed by atoms with Crippen LogP contribution < -0.4 is 10.6 Å². The molecular weight excluding hydrogens is 355 g/mol. The van der Waals surface area contributed by atoms with E-state index >= 15 is 0 Å². The maximum Gasteiger partial charge on any atom is 0.191 e. The molecule has 114 valence electrons. The molecule has 5 nitrogen and oxygen atoms in total. The van der Waals surface area contributed by atoms with Gasteiger partial charge in [-0.3, -0.25) is 4.99 Å². The van der Waals surface area contributed by atoms with E-state index in [2.05, 4.69) is 20.5 Å². The van der Waals surface area contributed by atoms with Gasteiger partial charge in [-0.1, -0.05) is 0 Å². The normalized spacial score (nSPS) is 16.2. The van der Waals surface area contributed by atoms with Gasteiger partial charge in [0.25, 0.3) is 0 Å². The van der Waals surface area contributed by atoms with E-state index in [4.69, 9.17) is 4.74 Å². The molecular formula is C13H29IN4O. The Morgan fingerprint density at radius 3 is 2.47 bits per heavy atom. The number of ether oxygens (including phenoxy) is 1. The van der Waals surface area contributed by atoms with E-state index in [1.165, 1.54) is 45.3 Å². The van der Waals surface area contributed by atoms with Crippen LogP contribution >= 0.6 is 24.0 Å². The fourth-order valence-corrected chi connectivity index (χ4v) is 2.17. The van der Waals surface area contributed by atoms with Crippen molar-refractivity contribution in [2.45, 2.75) is 25.7 Å². The van der Waals surface area contributed by atoms with Gasteiger partial charge < -0.3 is 20.3 Å². The van der Waals surface area contributed by atoms with E-state index in [1.54, 1.807) is 14.2 Å². The molecule has 2 N–H and O–H groups in total. The monoisotopic (exact) mass is 384 g/mol. The summed E-state index contributed by atoms with van der Waals surface area (Å²) in [6.07, 6.45) is 5.23. The predicted octanol–water partition coefficient (Wildman–Crippen LogP) is 1.29. The van der Waals surface area contributed by atoms with Crippen LogP contribution in [0.25, 0.3) is 0 Å². The molecule has 0 aromatic rings. The molecule has 1 rings (SSSR count). The number of halogens is 1. The minimum Gasteiger partial charge on any atom is -0.383 e. The zero-order chi connectivity index (χ0) is 13.1. The summed E-state index contributed by atoms with van der Waals surface area (Å²) in [4.78, 5) is 6.72. The first kappa shape index (κ1) is 18.9. The molecule has 1 fully saturated rings. The summed E-state index contributed by atoms with van der Waals surface area (Å²) in [5.41, 5.74) is 0. The molecule has 1 saturated heterocycles. The number of likely N-dealkylation sites (tertiary alicyclic amines) is 1. The van der Waals surface area contributed by atoms with E-state index in [1.807, 2.05) is 0 Å². The number of hydrogen-bond donors (Lipinski definition) is 2. The number of methoxy groups -OCH3 is 1. The third-order valence-electron chi connectivity index (χ3n) is 3.21. The number of rotatable bonds is 8. The molecule has 0 radical (unpaired) electrons. The van der Waals surface area contributed by atoms with Crippen LogP contribution in [-0.2, 0) is 4.74 Å². The molecule has 1 aliphatic heterocycles. The van der Waals surface area contributed by atoms with Gasteiger partial charge >= 0.3 is 0 Å². The standard InChI is InChI=1S/C13H28N4O.HI/c1-14-13(16-8-12-18-2)15-7-3-4-9-17-10-5-6-11-17;/h3-12H2,1-2H3,(H2,14,15,16);1H. The number of aliphatic imine (C=N–C) groups is 1. The molecule has 0 spiro atoms. The van der Waals surface area contributed by atoms with Gasteiger partial charge in [-0.05, 0) is 45.3 Å². The number of hydrogen-bond acceptors (Lipinski definition) is 3. The van der Waals surface area contributed by atoms with Gasteiger partial charge in [0.15, 0.2) is 5.96 Å². The molecule has 0 aromatic heterocycles. The van der Waals surface area contributed by atoms with Crippen LogP contribution in [0.3, 0.4) is 0 Å². The summed E-state index contributed by atoms with van der Waals surface area (Å²) in [5.74, 6) is 0.869. The van der Waals surface area contributed by atoms with Crippen molar-refractivity contribution in [3.8, 4) is 0 Å². The summed E-state index contributed by atoms with van der Waals surface area (Å²) in [5, 5.41) is 6.52. The van der Waals surface area contributed by atoms with Crippen LogP contribution in [-0.4, -0.2) is 64.3 Å². The van der Waals surface area contributed by atoms with Crippen LogP contribution in [0.15, 0.2) is 4.99 Å². The second kappa shape index (κ2) is 12.9. The average Bonchev–Trinajstić information content (AvgIpc) is 2.89. The molecule has 0 aliphatic carbocycles. The first-order chi connectivity index (χ1) is 8.86. The van der Waals surface area contributed by atoms with Crippen LogP contribution in [0.2, 0.25) is 0 Å². The summed E-state index contributed by atoms with van der Waals surface area (Å²) >= 11 is 0. The molecule has 0 bridgehead atoms. The molecule has 0 atom stereocenters.